The maximum atomic E-state index is 12.0. The van der Waals surface area contributed by atoms with Crippen LogP contribution in [0.3, 0.4) is 0 Å². The molecule has 0 radical (unpaired) electrons. The van der Waals surface area contributed by atoms with Crippen LogP contribution in [0.15, 0.2) is 30.5 Å². The highest BCUT2D eigenvalue weighted by Gasteiger charge is 2.30. The average Bonchev–Trinajstić information content (AvgIpc) is 2.81. The molecule has 1 aromatic heterocycles. The van der Waals surface area contributed by atoms with E-state index in [1.165, 1.54) is 13.8 Å². The molecule has 21 heavy (non-hydrogen) atoms. The molecule has 2 rings (SSSR count). The van der Waals surface area contributed by atoms with Crippen LogP contribution < -0.4 is 11.1 Å². The Kier molecular flexibility index (Phi) is 3.99. The summed E-state index contributed by atoms with van der Waals surface area (Å²) in [5.41, 5.74) is 6.46. The number of amides is 1. The third-order valence-electron chi connectivity index (χ3n) is 3.42. The normalized spacial score (nSPS) is 13.1. The van der Waals surface area contributed by atoms with Crippen molar-refractivity contribution >= 4 is 22.8 Å². The number of nitrogens with two attached hydrogens (primary N) is 1. The number of nitrogens with one attached hydrogen (secondary N) is 2. The molecule has 0 bridgehead atoms. The molecule has 1 atom stereocenters. The SMILES string of the molecule is CC(C)(NC(=O)[C@H](N)Cc1c[nH]c2ccccc12)C(=O)O. The second-order valence-corrected chi connectivity index (χ2v) is 5.59. The van der Waals surface area contributed by atoms with Crippen molar-refractivity contribution in [1.29, 1.82) is 0 Å². The summed E-state index contributed by atoms with van der Waals surface area (Å²) in [6, 6.07) is 6.93. The summed E-state index contributed by atoms with van der Waals surface area (Å²) in [6.07, 6.45) is 2.16. The van der Waals surface area contributed by atoms with Gasteiger partial charge in [-0.25, -0.2) is 4.79 Å². The number of aromatic amines is 1. The zero-order valence-corrected chi connectivity index (χ0v) is 12.0. The molecule has 2 aromatic rings. The molecule has 1 aromatic carbocycles. The van der Waals surface area contributed by atoms with E-state index in [-0.39, 0.29) is 0 Å². The highest BCUT2D eigenvalue weighted by atomic mass is 16.4. The quantitative estimate of drug-likeness (QED) is 0.659. The maximum Gasteiger partial charge on any atom is 0.328 e. The first-order valence-corrected chi connectivity index (χ1v) is 6.67. The summed E-state index contributed by atoms with van der Waals surface area (Å²) in [4.78, 5) is 26.1. The molecule has 1 amide bonds. The molecule has 0 aliphatic rings. The number of carboxylic acid groups (broad SMARTS) is 1. The van der Waals surface area contributed by atoms with Crippen LogP contribution in [0.2, 0.25) is 0 Å². The van der Waals surface area contributed by atoms with Crippen molar-refractivity contribution in [2.24, 2.45) is 5.73 Å². The third kappa shape index (κ3) is 3.22. The Hall–Kier alpha value is -2.34. The number of carboxylic acids is 1. The number of hydrogen-bond acceptors (Lipinski definition) is 3. The summed E-state index contributed by atoms with van der Waals surface area (Å²) < 4.78 is 0. The molecule has 6 nitrogen and oxygen atoms in total. The Morgan fingerprint density at radius 1 is 1.38 bits per heavy atom. The number of rotatable bonds is 5. The van der Waals surface area contributed by atoms with Gasteiger partial charge in [0.2, 0.25) is 5.91 Å². The third-order valence-corrected chi connectivity index (χ3v) is 3.42. The van der Waals surface area contributed by atoms with Gasteiger partial charge in [0.25, 0.3) is 0 Å². The highest BCUT2D eigenvalue weighted by Crippen LogP contribution is 2.18. The number of benzene rings is 1. The molecule has 0 spiro atoms. The molecular formula is C15H19N3O3. The topological polar surface area (TPSA) is 108 Å². The van der Waals surface area contributed by atoms with E-state index in [1.54, 1.807) is 0 Å². The van der Waals surface area contributed by atoms with Crippen LogP contribution in [-0.4, -0.2) is 33.5 Å². The van der Waals surface area contributed by atoms with Crippen molar-refractivity contribution in [2.75, 3.05) is 0 Å². The maximum absolute atomic E-state index is 12.0. The van der Waals surface area contributed by atoms with E-state index >= 15 is 0 Å². The second-order valence-electron chi connectivity index (χ2n) is 5.59. The van der Waals surface area contributed by atoms with E-state index in [4.69, 9.17) is 10.8 Å². The Morgan fingerprint density at radius 2 is 2.05 bits per heavy atom. The van der Waals surface area contributed by atoms with Gasteiger partial charge in [0, 0.05) is 17.1 Å². The van der Waals surface area contributed by atoms with Crippen LogP contribution in [0.5, 0.6) is 0 Å². The molecule has 5 N–H and O–H groups in total. The lowest BCUT2D eigenvalue weighted by molar-refractivity contribution is -0.146. The van der Waals surface area contributed by atoms with Gasteiger partial charge >= 0.3 is 5.97 Å². The van der Waals surface area contributed by atoms with Crippen LogP contribution >= 0.6 is 0 Å². The van der Waals surface area contributed by atoms with E-state index in [0.29, 0.717) is 6.42 Å². The Morgan fingerprint density at radius 3 is 2.71 bits per heavy atom. The van der Waals surface area contributed by atoms with Gasteiger partial charge < -0.3 is 21.1 Å². The number of carbonyl (C=O) groups excluding carboxylic acids is 1. The Labute approximate surface area is 122 Å². The molecule has 112 valence electrons. The molecule has 0 aliphatic heterocycles. The Bertz CT molecular complexity index is 676. The van der Waals surface area contributed by atoms with Crippen molar-refractivity contribution in [1.82, 2.24) is 10.3 Å². The zero-order chi connectivity index (χ0) is 15.6. The van der Waals surface area contributed by atoms with Gasteiger partial charge in [0.1, 0.15) is 5.54 Å². The molecule has 0 saturated carbocycles. The predicted octanol–water partition coefficient (Wildman–Crippen LogP) is 1.02. The molecular weight excluding hydrogens is 270 g/mol. The average molecular weight is 289 g/mol. The number of fused-ring (bicyclic) bond motifs is 1. The zero-order valence-electron chi connectivity index (χ0n) is 12.0. The number of H-pyrrole nitrogens is 1. The number of carbonyl (C=O) groups is 2. The van der Waals surface area contributed by atoms with Crippen molar-refractivity contribution in [3.8, 4) is 0 Å². The molecule has 0 saturated heterocycles. The summed E-state index contributed by atoms with van der Waals surface area (Å²) in [6.45, 7) is 2.84. The second kappa shape index (κ2) is 5.57. The van der Waals surface area contributed by atoms with Crippen molar-refractivity contribution in [3.05, 3.63) is 36.0 Å². The van der Waals surface area contributed by atoms with E-state index in [9.17, 15) is 9.59 Å². The first-order chi connectivity index (χ1) is 9.81. The molecule has 6 heteroatoms. The van der Waals surface area contributed by atoms with Gasteiger partial charge in [-0.05, 0) is 31.9 Å². The fourth-order valence-corrected chi connectivity index (χ4v) is 2.08. The van der Waals surface area contributed by atoms with Gasteiger partial charge in [0.05, 0.1) is 6.04 Å². The molecule has 0 fully saturated rings. The van der Waals surface area contributed by atoms with Gasteiger partial charge in [-0.3, -0.25) is 4.79 Å². The van der Waals surface area contributed by atoms with E-state index in [0.717, 1.165) is 16.5 Å². The largest absolute Gasteiger partial charge is 0.480 e. The fourth-order valence-electron chi connectivity index (χ4n) is 2.08. The fraction of sp³-hybridized carbons (Fsp3) is 0.333. The number of hydrogen-bond donors (Lipinski definition) is 4. The Balaban J connectivity index is 2.09. The van der Waals surface area contributed by atoms with Gasteiger partial charge in [-0.2, -0.15) is 0 Å². The first-order valence-electron chi connectivity index (χ1n) is 6.67. The lowest BCUT2D eigenvalue weighted by Crippen LogP contribution is -2.55. The van der Waals surface area contributed by atoms with Gasteiger partial charge in [0.15, 0.2) is 0 Å². The van der Waals surface area contributed by atoms with Crippen molar-refractivity contribution in [3.63, 3.8) is 0 Å². The van der Waals surface area contributed by atoms with E-state index < -0.39 is 23.5 Å². The minimum absolute atomic E-state index is 0.339. The van der Waals surface area contributed by atoms with Crippen LogP contribution in [0.1, 0.15) is 19.4 Å². The monoisotopic (exact) mass is 289 g/mol. The van der Waals surface area contributed by atoms with Crippen LogP contribution in [0.4, 0.5) is 0 Å². The lowest BCUT2D eigenvalue weighted by atomic mass is 10.0. The summed E-state index contributed by atoms with van der Waals surface area (Å²) in [7, 11) is 0. The van der Waals surface area contributed by atoms with Crippen molar-refractivity contribution < 1.29 is 14.7 Å². The smallest absolute Gasteiger partial charge is 0.328 e. The van der Waals surface area contributed by atoms with E-state index in [1.807, 2.05) is 30.5 Å². The van der Waals surface area contributed by atoms with E-state index in [2.05, 4.69) is 10.3 Å². The molecule has 0 unspecified atom stereocenters. The predicted molar refractivity (Wildman–Crippen MR) is 79.8 cm³/mol. The highest BCUT2D eigenvalue weighted by molar-refractivity contribution is 5.90. The minimum Gasteiger partial charge on any atom is -0.480 e. The first kappa shape index (κ1) is 15.1. The standard InChI is InChI=1S/C15H19N3O3/c1-15(2,14(20)21)18-13(19)11(16)7-9-8-17-12-6-4-3-5-10(9)12/h3-6,8,11,17H,7,16H2,1-2H3,(H,18,19)(H,20,21)/t11-/m1/s1. The van der Waals surface area contributed by atoms with Crippen LogP contribution in [-0.2, 0) is 16.0 Å². The number of aliphatic carboxylic acids is 1. The number of para-hydroxylation sites is 1. The van der Waals surface area contributed by atoms with Crippen LogP contribution in [0.25, 0.3) is 10.9 Å². The summed E-state index contributed by atoms with van der Waals surface area (Å²) in [5.74, 6) is -1.58. The van der Waals surface area contributed by atoms with Gasteiger partial charge in [-0.15, -0.1) is 0 Å². The molecule has 0 aliphatic carbocycles. The number of aromatic nitrogens is 1. The minimum atomic E-state index is -1.34. The van der Waals surface area contributed by atoms with Gasteiger partial charge in [-0.1, -0.05) is 18.2 Å². The van der Waals surface area contributed by atoms with Crippen LogP contribution in [0, 0.1) is 0 Å². The molecule has 1 heterocycles. The summed E-state index contributed by atoms with van der Waals surface area (Å²) >= 11 is 0. The lowest BCUT2D eigenvalue weighted by Gasteiger charge is -2.23. The van der Waals surface area contributed by atoms with Crippen molar-refractivity contribution in [2.45, 2.75) is 31.8 Å². The summed E-state index contributed by atoms with van der Waals surface area (Å²) in [5, 5.41) is 12.5.